The first-order valence-corrected chi connectivity index (χ1v) is 11.4. The molecule has 4 N–H and O–H groups in total. The molecule has 2 aliphatic heterocycles. The average molecular weight is 454 g/mol. The molecule has 12 heteroatoms. The van der Waals surface area contributed by atoms with Crippen LogP contribution in [-0.4, -0.2) is 62.3 Å². The van der Waals surface area contributed by atoms with Crippen LogP contribution in [0.25, 0.3) is 0 Å². The van der Waals surface area contributed by atoms with Crippen molar-refractivity contribution in [3.05, 3.63) is 22.8 Å². The normalized spacial score (nSPS) is 20.8. The minimum absolute atomic E-state index is 0.0488. The number of anilines is 1. The molecule has 0 aromatic carbocycles. The Balaban J connectivity index is 1.65. The highest BCUT2D eigenvalue weighted by Gasteiger charge is 2.50. The first kappa shape index (κ1) is 22.1. The summed E-state index contributed by atoms with van der Waals surface area (Å²) in [7, 11) is 0. The van der Waals surface area contributed by atoms with Crippen LogP contribution in [0.3, 0.4) is 0 Å². The standard InChI is InChI=1S/C18H23N5O5S2/c1-2-3-4-5-6-28-22-12(11-9-30-18(19)20-11)14(24)21-13-15(25)23-7-10(17(26)27)8-29-16(13)23/h7,9,13,16H,2-6,8H2,1H3,(H2,19,20)(H,21,24)(H,26,27)/t13?,16-/m1/s1. The van der Waals surface area contributed by atoms with E-state index in [-0.39, 0.29) is 39.1 Å². The topological polar surface area (TPSA) is 147 Å². The van der Waals surface area contributed by atoms with Crippen LogP contribution in [0.15, 0.2) is 22.3 Å². The number of nitrogens with one attached hydrogen (secondary N) is 1. The predicted octanol–water partition coefficient (Wildman–Crippen LogP) is 1.39. The third-order valence-corrected chi connectivity index (χ3v) is 6.56. The lowest BCUT2D eigenvalue weighted by atomic mass is 10.1. The number of unbranched alkanes of at least 4 members (excludes halogenated alkanes) is 3. The number of nitrogen functional groups attached to an aromatic ring is 1. The Morgan fingerprint density at radius 2 is 2.23 bits per heavy atom. The Kier molecular flexibility index (Phi) is 7.32. The molecular weight excluding hydrogens is 430 g/mol. The number of nitrogens with two attached hydrogens (primary N) is 1. The molecule has 1 saturated heterocycles. The van der Waals surface area contributed by atoms with Crippen LogP contribution < -0.4 is 11.1 Å². The number of carboxylic acid groups (broad SMARTS) is 1. The zero-order valence-corrected chi connectivity index (χ0v) is 18.0. The molecule has 162 valence electrons. The van der Waals surface area contributed by atoms with E-state index in [0.717, 1.165) is 25.7 Å². The number of fused-ring (bicyclic) bond motifs is 1. The third-order valence-electron chi connectivity index (χ3n) is 4.57. The van der Waals surface area contributed by atoms with E-state index >= 15 is 0 Å². The van der Waals surface area contributed by atoms with E-state index in [1.165, 1.54) is 34.2 Å². The van der Waals surface area contributed by atoms with Crippen molar-refractivity contribution in [1.29, 1.82) is 0 Å². The second-order valence-electron chi connectivity index (χ2n) is 6.76. The Labute approximate surface area is 181 Å². The second-order valence-corrected chi connectivity index (χ2v) is 8.76. The Morgan fingerprint density at radius 3 is 2.90 bits per heavy atom. The summed E-state index contributed by atoms with van der Waals surface area (Å²) in [4.78, 5) is 47.0. The molecular formula is C18H23N5O5S2. The summed E-state index contributed by atoms with van der Waals surface area (Å²) in [5.41, 5.74) is 6.04. The van der Waals surface area contributed by atoms with E-state index in [0.29, 0.717) is 6.61 Å². The van der Waals surface area contributed by atoms with E-state index in [9.17, 15) is 14.4 Å². The van der Waals surface area contributed by atoms with Crippen LogP contribution in [0.1, 0.15) is 38.3 Å². The van der Waals surface area contributed by atoms with Gasteiger partial charge in [0.2, 0.25) is 0 Å². The number of amides is 2. The first-order valence-electron chi connectivity index (χ1n) is 9.52. The molecule has 1 aromatic rings. The maximum atomic E-state index is 12.8. The molecule has 0 spiro atoms. The van der Waals surface area contributed by atoms with Crippen molar-refractivity contribution in [3.8, 4) is 0 Å². The molecule has 1 unspecified atom stereocenters. The third kappa shape index (κ3) is 4.93. The van der Waals surface area contributed by atoms with Gasteiger partial charge in [0.15, 0.2) is 10.8 Å². The van der Waals surface area contributed by atoms with Gasteiger partial charge in [-0.1, -0.05) is 24.9 Å². The number of carbonyl (C=O) groups excluding carboxylic acids is 2. The number of carboxylic acids is 1. The number of β-lactam (4-membered cyclic amide) rings is 1. The van der Waals surface area contributed by atoms with Gasteiger partial charge in [0.05, 0.1) is 5.57 Å². The molecule has 0 radical (unpaired) electrons. The van der Waals surface area contributed by atoms with Crippen LogP contribution in [-0.2, 0) is 19.2 Å². The SMILES string of the molecule is CCCCCCON=C(C(=O)NC1C(=O)N2C=C(C(=O)O)CS[C@H]12)c1csc(N)n1. The Hall–Kier alpha value is -2.60. The maximum absolute atomic E-state index is 12.8. The van der Waals surface area contributed by atoms with E-state index in [1.54, 1.807) is 5.38 Å². The largest absolute Gasteiger partial charge is 0.478 e. The maximum Gasteiger partial charge on any atom is 0.333 e. The summed E-state index contributed by atoms with van der Waals surface area (Å²) in [6, 6.07) is -0.778. The van der Waals surface area contributed by atoms with Gasteiger partial charge in [0.25, 0.3) is 11.8 Å². The fourth-order valence-electron chi connectivity index (χ4n) is 2.94. The van der Waals surface area contributed by atoms with Gasteiger partial charge in [-0.2, -0.15) is 0 Å². The van der Waals surface area contributed by atoms with Crippen molar-refractivity contribution in [1.82, 2.24) is 15.2 Å². The molecule has 1 aromatic heterocycles. The van der Waals surface area contributed by atoms with Crippen LogP contribution in [0.2, 0.25) is 0 Å². The molecule has 0 aliphatic carbocycles. The van der Waals surface area contributed by atoms with Crippen LogP contribution in [0.5, 0.6) is 0 Å². The molecule has 0 bridgehead atoms. The number of nitrogens with zero attached hydrogens (tertiary/aromatic N) is 3. The summed E-state index contributed by atoms with van der Waals surface area (Å²) in [5.74, 6) is -1.79. The lowest BCUT2D eigenvalue weighted by Crippen LogP contribution is -2.69. The molecule has 1 fully saturated rings. The number of oxime groups is 1. The lowest BCUT2D eigenvalue weighted by Gasteiger charge is -2.46. The van der Waals surface area contributed by atoms with Crippen LogP contribution in [0.4, 0.5) is 5.13 Å². The summed E-state index contributed by atoms with van der Waals surface area (Å²) < 4.78 is 0. The predicted molar refractivity (Wildman–Crippen MR) is 114 cm³/mol. The number of hydrogen-bond donors (Lipinski definition) is 3. The quantitative estimate of drug-likeness (QED) is 0.208. The van der Waals surface area contributed by atoms with Crippen molar-refractivity contribution >= 4 is 51.7 Å². The fraction of sp³-hybridized carbons (Fsp3) is 0.500. The van der Waals surface area contributed by atoms with E-state index in [1.807, 2.05) is 0 Å². The number of carbonyl (C=O) groups is 3. The van der Waals surface area contributed by atoms with Gasteiger partial charge in [0, 0.05) is 17.3 Å². The van der Waals surface area contributed by atoms with Crippen LogP contribution in [0, 0.1) is 0 Å². The summed E-state index contributed by atoms with van der Waals surface area (Å²) in [6.07, 6.45) is 5.35. The zero-order valence-electron chi connectivity index (χ0n) is 16.4. The minimum atomic E-state index is -1.06. The lowest BCUT2D eigenvalue weighted by molar-refractivity contribution is -0.144. The van der Waals surface area contributed by atoms with E-state index in [2.05, 4.69) is 22.4 Å². The number of thioether (sulfide) groups is 1. The smallest absolute Gasteiger partial charge is 0.333 e. The molecule has 30 heavy (non-hydrogen) atoms. The van der Waals surface area contributed by atoms with Crippen molar-refractivity contribution in [2.75, 3.05) is 18.1 Å². The van der Waals surface area contributed by atoms with Crippen molar-refractivity contribution in [3.63, 3.8) is 0 Å². The molecule has 2 aliphatic rings. The van der Waals surface area contributed by atoms with Gasteiger partial charge in [-0.25, -0.2) is 9.78 Å². The van der Waals surface area contributed by atoms with Crippen molar-refractivity contribution in [2.24, 2.45) is 5.16 Å². The number of aliphatic carboxylic acids is 1. The summed E-state index contributed by atoms with van der Waals surface area (Å²) in [5, 5.41) is 17.2. The summed E-state index contributed by atoms with van der Waals surface area (Å²) in [6.45, 7) is 2.48. The average Bonchev–Trinajstić information content (AvgIpc) is 3.16. The molecule has 3 heterocycles. The highest BCUT2D eigenvalue weighted by molar-refractivity contribution is 8.00. The zero-order chi connectivity index (χ0) is 21.7. The molecule has 2 amide bonds. The van der Waals surface area contributed by atoms with Gasteiger partial charge in [-0.05, 0) is 12.8 Å². The molecule has 2 atom stereocenters. The van der Waals surface area contributed by atoms with E-state index < -0.39 is 17.9 Å². The van der Waals surface area contributed by atoms with Gasteiger partial charge in [-0.15, -0.1) is 23.1 Å². The number of aromatic nitrogens is 1. The first-order chi connectivity index (χ1) is 14.4. The molecule has 0 saturated carbocycles. The molecule has 3 rings (SSSR count). The second kappa shape index (κ2) is 9.94. The van der Waals surface area contributed by atoms with Gasteiger partial charge in [0.1, 0.15) is 23.7 Å². The Bertz CT molecular complexity index is 884. The highest BCUT2D eigenvalue weighted by Crippen LogP contribution is 2.36. The van der Waals surface area contributed by atoms with Crippen molar-refractivity contribution < 1.29 is 24.3 Å². The number of hydrogen-bond acceptors (Lipinski definition) is 9. The van der Waals surface area contributed by atoms with E-state index in [4.69, 9.17) is 15.7 Å². The minimum Gasteiger partial charge on any atom is -0.478 e. The fourth-order valence-corrected chi connectivity index (χ4v) is 4.74. The molecule has 10 nitrogen and oxygen atoms in total. The number of rotatable bonds is 10. The number of thiazole rings is 1. The Morgan fingerprint density at radius 1 is 1.43 bits per heavy atom. The van der Waals surface area contributed by atoms with Gasteiger partial charge >= 0.3 is 5.97 Å². The van der Waals surface area contributed by atoms with Gasteiger partial charge < -0.3 is 25.9 Å². The summed E-state index contributed by atoms with van der Waals surface area (Å²) >= 11 is 2.45. The highest BCUT2D eigenvalue weighted by atomic mass is 32.2. The van der Waals surface area contributed by atoms with Crippen LogP contribution >= 0.6 is 23.1 Å². The van der Waals surface area contributed by atoms with Gasteiger partial charge in [-0.3, -0.25) is 9.59 Å². The van der Waals surface area contributed by atoms with Crippen molar-refractivity contribution in [2.45, 2.75) is 44.0 Å². The monoisotopic (exact) mass is 453 g/mol.